The van der Waals surface area contributed by atoms with Gasteiger partial charge in [0.2, 0.25) is 0 Å². The Hall–Kier alpha value is -1.37. The van der Waals surface area contributed by atoms with E-state index < -0.39 is 12.8 Å². The fourth-order valence-electron chi connectivity index (χ4n) is 1.84. The number of rotatable bonds is 7. The quantitative estimate of drug-likeness (QED) is 0.784. The van der Waals surface area contributed by atoms with E-state index in [1.165, 1.54) is 0 Å². The Balaban J connectivity index is 1.92. The maximum atomic E-state index is 12.0. The molecule has 0 unspecified atom stereocenters. The predicted octanol–water partition coefficient (Wildman–Crippen LogP) is 2.91. The summed E-state index contributed by atoms with van der Waals surface area (Å²) in [6, 6.07) is 1.92. The smallest absolute Gasteiger partial charge is 0.372 e. The van der Waals surface area contributed by atoms with Crippen LogP contribution in [-0.2, 0) is 11.2 Å². The van der Waals surface area contributed by atoms with Gasteiger partial charge in [-0.15, -0.1) is 0 Å². The zero-order chi connectivity index (χ0) is 14.6. The van der Waals surface area contributed by atoms with Crippen LogP contribution in [0.25, 0.3) is 0 Å². The maximum absolute atomic E-state index is 12.0. The van der Waals surface area contributed by atoms with E-state index in [4.69, 9.17) is 0 Å². The minimum atomic E-state index is -4.29. The summed E-state index contributed by atoms with van der Waals surface area (Å²) >= 11 is 0. The van der Waals surface area contributed by atoms with E-state index in [0.29, 0.717) is 11.7 Å². The number of hydrogen-bond donors (Lipinski definition) is 1. The van der Waals surface area contributed by atoms with Crippen LogP contribution in [0.3, 0.4) is 0 Å². The molecule has 20 heavy (non-hydrogen) atoms. The molecule has 112 valence electrons. The van der Waals surface area contributed by atoms with Crippen LogP contribution in [-0.4, -0.2) is 35.9 Å². The van der Waals surface area contributed by atoms with Crippen LogP contribution in [0.4, 0.5) is 19.0 Å². The highest BCUT2D eigenvalue weighted by atomic mass is 19.4. The summed E-state index contributed by atoms with van der Waals surface area (Å²) in [5.74, 6) is 1.74. The van der Waals surface area contributed by atoms with E-state index in [2.05, 4.69) is 20.0 Å². The molecule has 0 aromatic carbocycles. The van der Waals surface area contributed by atoms with Gasteiger partial charge in [-0.3, -0.25) is 0 Å². The highest BCUT2D eigenvalue weighted by Gasteiger charge is 2.28. The molecule has 4 nitrogen and oxygen atoms in total. The third-order valence-electron chi connectivity index (χ3n) is 2.88. The van der Waals surface area contributed by atoms with Gasteiger partial charge in [0.15, 0.2) is 0 Å². The number of hydrogen-bond acceptors (Lipinski definition) is 4. The van der Waals surface area contributed by atoms with Crippen LogP contribution in [0.5, 0.6) is 0 Å². The third-order valence-corrected chi connectivity index (χ3v) is 2.88. The molecule has 0 atom stereocenters. The lowest BCUT2D eigenvalue weighted by molar-refractivity contribution is -0.173. The molecule has 1 aromatic rings. The first kappa shape index (κ1) is 15.0. The number of nitrogens with zero attached hydrogens (tertiary/aromatic N) is 2. The molecule has 0 saturated heterocycles. The molecular formula is C13H18F3N3O. The average molecular weight is 289 g/mol. The molecule has 1 N–H and O–H groups in total. The summed E-state index contributed by atoms with van der Waals surface area (Å²) < 4.78 is 40.5. The summed E-state index contributed by atoms with van der Waals surface area (Å²) in [7, 11) is 0. The van der Waals surface area contributed by atoms with Gasteiger partial charge in [-0.1, -0.05) is 0 Å². The Morgan fingerprint density at radius 1 is 1.35 bits per heavy atom. The summed E-state index contributed by atoms with van der Waals surface area (Å²) in [6.45, 7) is 1.45. The Morgan fingerprint density at radius 2 is 2.10 bits per heavy atom. The van der Waals surface area contributed by atoms with Crippen molar-refractivity contribution in [1.82, 2.24) is 9.97 Å². The summed E-state index contributed by atoms with van der Waals surface area (Å²) in [5, 5.41) is 3.11. The zero-order valence-corrected chi connectivity index (χ0v) is 11.3. The van der Waals surface area contributed by atoms with E-state index in [-0.39, 0.29) is 13.0 Å². The van der Waals surface area contributed by atoms with Crippen molar-refractivity contribution in [2.75, 3.05) is 25.1 Å². The highest BCUT2D eigenvalue weighted by molar-refractivity contribution is 5.38. The molecule has 1 aliphatic rings. The van der Waals surface area contributed by atoms with Crippen molar-refractivity contribution >= 4 is 5.82 Å². The average Bonchev–Trinajstić information content (AvgIpc) is 3.18. The van der Waals surface area contributed by atoms with Gasteiger partial charge in [-0.25, -0.2) is 9.97 Å². The van der Waals surface area contributed by atoms with Crippen molar-refractivity contribution < 1.29 is 17.9 Å². The molecule has 2 rings (SSSR count). The van der Waals surface area contributed by atoms with E-state index in [1.807, 2.05) is 13.0 Å². The Kier molecular flexibility index (Phi) is 4.80. The first-order valence-corrected chi connectivity index (χ1v) is 6.74. The van der Waals surface area contributed by atoms with E-state index >= 15 is 0 Å². The number of ether oxygens (including phenoxy) is 1. The second-order valence-electron chi connectivity index (χ2n) is 4.82. The van der Waals surface area contributed by atoms with Gasteiger partial charge in [-0.2, -0.15) is 13.2 Å². The second kappa shape index (κ2) is 6.39. The fourth-order valence-corrected chi connectivity index (χ4v) is 1.84. The van der Waals surface area contributed by atoms with Crippen molar-refractivity contribution in [2.45, 2.75) is 38.3 Å². The number of anilines is 1. The molecule has 1 saturated carbocycles. The molecule has 1 heterocycles. The number of nitrogens with one attached hydrogen (secondary N) is 1. The maximum Gasteiger partial charge on any atom is 0.411 e. The van der Waals surface area contributed by atoms with Gasteiger partial charge < -0.3 is 10.1 Å². The number of alkyl halides is 3. The van der Waals surface area contributed by atoms with Crippen molar-refractivity contribution in [3.63, 3.8) is 0 Å². The number of aromatic nitrogens is 2. The Morgan fingerprint density at radius 3 is 2.70 bits per heavy atom. The van der Waals surface area contributed by atoms with Crippen LogP contribution < -0.4 is 5.32 Å². The lowest BCUT2D eigenvalue weighted by Crippen LogP contribution is -2.18. The summed E-state index contributed by atoms with van der Waals surface area (Å²) in [5.41, 5.74) is 0.974. The molecule has 0 amide bonds. The SMILES string of the molecule is CCNc1cc(C2CC2)nc(CCOCC(F)(F)F)n1. The molecule has 1 aromatic heterocycles. The zero-order valence-electron chi connectivity index (χ0n) is 11.3. The Labute approximate surface area is 115 Å². The largest absolute Gasteiger partial charge is 0.411 e. The molecule has 0 aliphatic heterocycles. The van der Waals surface area contributed by atoms with Crippen LogP contribution in [0.2, 0.25) is 0 Å². The van der Waals surface area contributed by atoms with Gasteiger partial charge in [0.25, 0.3) is 0 Å². The molecular weight excluding hydrogens is 271 g/mol. The summed E-state index contributed by atoms with van der Waals surface area (Å²) in [6.07, 6.45) is -1.76. The second-order valence-corrected chi connectivity index (χ2v) is 4.82. The van der Waals surface area contributed by atoms with Crippen molar-refractivity contribution in [3.05, 3.63) is 17.6 Å². The van der Waals surface area contributed by atoms with Gasteiger partial charge in [-0.05, 0) is 19.8 Å². The fraction of sp³-hybridized carbons (Fsp3) is 0.692. The van der Waals surface area contributed by atoms with Crippen LogP contribution in [0.1, 0.15) is 37.2 Å². The van der Waals surface area contributed by atoms with Crippen LogP contribution in [0, 0.1) is 0 Å². The lowest BCUT2D eigenvalue weighted by Gasteiger charge is -2.10. The minimum Gasteiger partial charge on any atom is -0.372 e. The van der Waals surface area contributed by atoms with Gasteiger partial charge in [0, 0.05) is 30.6 Å². The van der Waals surface area contributed by atoms with Crippen LogP contribution in [0.15, 0.2) is 6.07 Å². The first-order valence-electron chi connectivity index (χ1n) is 6.74. The van der Waals surface area contributed by atoms with Crippen molar-refractivity contribution in [1.29, 1.82) is 0 Å². The third kappa shape index (κ3) is 4.96. The predicted molar refractivity (Wildman–Crippen MR) is 68.7 cm³/mol. The van der Waals surface area contributed by atoms with E-state index in [0.717, 1.165) is 30.9 Å². The normalized spacial score (nSPS) is 15.4. The number of halogens is 3. The molecule has 0 radical (unpaired) electrons. The van der Waals surface area contributed by atoms with Gasteiger partial charge >= 0.3 is 6.18 Å². The van der Waals surface area contributed by atoms with E-state index in [9.17, 15) is 13.2 Å². The standard InChI is InChI=1S/C13H18F3N3O/c1-2-17-12-7-10(9-3-4-9)18-11(19-12)5-6-20-8-13(14,15)16/h7,9H,2-6,8H2,1H3,(H,17,18,19). The van der Waals surface area contributed by atoms with Crippen molar-refractivity contribution in [2.24, 2.45) is 0 Å². The van der Waals surface area contributed by atoms with Crippen LogP contribution >= 0.6 is 0 Å². The molecule has 0 spiro atoms. The molecule has 1 aliphatic carbocycles. The highest BCUT2D eigenvalue weighted by Crippen LogP contribution is 2.39. The monoisotopic (exact) mass is 289 g/mol. The summed E-state index contributed by atoms with van der Waals surface area (Å²) in [4.78, 5) is 8.68. The Bertz CT molecular complexity index is 447. The van der Waals surface area contributed by atoms with Gasteiger partial charge in [0.1, 0.15) is 18.2 Å². The van der Waals surface area contributed by atoms with Crippen molar-refractivity contribution in [3.8, 4) is 0 Å². The molecule has 1 fully saturated rings. The first-order chi connectivity index (χ1) is 9.48. The molecule has 0 bridgehead atoms. The molecule has 7 heteroatoms. The minimum absolute atomic E-state index is 0.0286. The topological polar surface area (TPSA) is 47.0 Å². The van der Waals surface area contributed by atoms with Gasteiger partial charge in [0.05, 0.1) is 6.61 Å². The van der Waals surface area contributed by atoms with E-state index in [1.54, 1.807) is 0 Å². The lowest BCUT2D eigenvalue weighted by atomic mass is 10.2.